The second-order valence-corrected chi connectivity index (χ2v) is 7.10. The number of ether oxygens (including phenoxy) is 1. The van der Waals surface area contributed by atoms with Crippen LogP contribution in [0.2, 0.25) is 0 Å². The summed E-state index contributed by atoms with van der Waals surface area (Å²) < 4.78 is 5.85. The predicted octanol–water partition coefficient (Wildman–Crippen LogP) is 4.25. The normalized spacial score (nSPS) is 12.1. The predicted molar refractivity (Wildman–Crippen MR) is 99.7 cm³/mol. The SMILES string of the molecule is Cc1ccc(/C=C/C(=O)OCC(=O)N[C@H](C)c2cccs2)c(Br)c1. The zero-order valence-electron chi connectivity index (χ0n) is 13.4. The topological polar surface area (TPSA) is 55.4 Å². The van der Waals surface area contributed by atoms with Crippen LogP contribution < -0.4 is 5.32 Å². The second-order valence-electron chi connectivity index (χ2n) is 5.27. The van der Waals surface area contributed by atoms with Crippen LogP contribution in [-0.2, 0) is 14.3 Å². The molecule has 0 radical (unpaired) electrons. The van der Waals surface area contributed by atoms with E-state index in [1.165, 1.54) is 6.08 Å². The van der Waals surface area contributed by atoms with Crippen molar-refractivity contribution in [2.75, 3.05) is 6.61 Å². The number of esters is 1. The molecule has 0 aliphatic heterocycles. The molecular weight excluding hydrogens is 390 g/mol. The Morgan fingerprint density at radius 1 is 1.38 bits per heavy atom. The van der Waals surface area contributed by atoms with E-state index in [2.05, 4.69) is 21.2 Å². The van der Waals surface area contributed by atoms with Gasteiger partial charge < -0.3 is 10.1 Å². The van der Waals surface area contributed by atoms with Crippen LogP contribution >= 0.6 is 27.3 Å². The van der Waals surface area contributed by atoms with E-state index in [1.807, 2.05) is 49.6 Å². The molecule has 1 amide bonds. The van der Waals surface area contributed by atoms with Crippen LogP contribution in [0.5, 0.6) is 0 Å². The van der Waals surface area contributed by atoms with Gasteiger partial charge in [-0.05, 0) is 48.6 Å². The first-order chi connectivity index (χ1) is 11.5. The number of carbonyl (C=O) groups is 2. The van der Waals surface area contributed by atoms with E-state index in [9.17, 15) is 9.59 Å². The summed E-state index contributed by atoms with van der Waals surface area (Å²) in [5.41, 5.74) is 1.99. The molecule has 0 aliphatic carbocycles. The number of rotatable bonds is 6. The molecule has 0 saturated heterocycles. The third-order valence-electron chi connectivity index (χ3n) is 3.25. The smallest absolute Gasteiger partial charge is 0.331 e. The van der Waals surface area contributed by atoms with Crippen LogP contribution in [0.1, 0.15) is 29.0 Å². The fourth-order valence-corrected chi connectivity index (χ4v) is 3.36. The molecule has 1 heterocycles. The lowest BCUT2D eigenvalue weighted by atomic mass is 10.1. The van der Waals surface area contributed by atoms with Crippen molar-refractivity contribution in [3.05, 3.63) is 62.3 Å². The van der Waals surface area contributed by atoms with E-state index < -0.39 is 5.97 Å². The number of hydrogen-bond acceptors (Lipinski definition) is 4. The number of carbonyl (C=O) groups excluding carboxylic acids is 2. The van der Waals surface area contributed by atoms with E-state index in [0.29, 0.717) is 0 Å². The summed E-state index contributed by atoms with van der Waals surface area (Å²) in [7, 11) is 0. The summed E-state index contributed by atoms with van der Waals surface area (Å²) in [6, 6.07) is 9.59. The zero-order valence-corrected chi connectivity index (χ0v) is 15.8. The van der Waals surface area contributed by atoms with Gasteiger partial charge in [0.15, 0.2) is 6.61 Å². The molecule has 1 N–H and O–H groups in total. The Hall–Kier alpha value is -1.92. The highest BCUT2D eigenvalue weighted by molar-refractivity contribution is 9.10. The van der Waals surface area contributed by atoms with E-state index in [0.717, 1.165) is 20.5 Å². The summed E-state index contributed by atoms with van der Waals surface area (Å²) >= 11 is 5.01. The molecule has 0 unspecified atom stereocenters. The first-order valence-corrected chi connectivity index (χ1v) is 9.06. The van der Waals surface area contributed by atoms with E-state index in [1.54, 1.807) is 17.4 Å². The molecule has 0 fully saturated rings. The van der Waals surface area contributed by atoms with Crippen LogP contribution in [0.15, 0.2) is 46.3 Å². The average Bonchev–Trinajstić information content (AvgIpc) is 3.06. The standard InChI is InChI=1S/C18H18BrNO3S/c1-12-5-6-14(15(19)10-12)7-8-18(22)23-11-17(21)20-13(2)16-4-3-9-24-16/h3-10,13H,11H2,1-2H3,(H,20,21)/b8-7+/t13-/m1/s1. The highest BCUT2D eigenvalue weighted by atomic mass is 79.9. The first kappa shape index (κ1) is 18.4. The molecular formula is C18H18BrNO3S. The van der Waals surface area contributed by atoms with Crippen molar-refractivity contribution >= 4 is 45.2 Å². The first-order valence-electron chi connectivity index (χ1n) is 7.39. The number of aryl methyl sites for hydroxylation is 1. The molecule has 0 bridgehead atoms. The molecule has 1 aromatic carbocycles. The maximum absolute atomic E-state index is 11.8. The van der Waals surface area contributed by atoms with Crippen LogP contribution in [0, 0.1) is 6.92 Å². The van der Waals surface area contributed by atoms with Gasteiger partial charge in [0.05, 0.1) is 6.04 Å². The Morgan fingerprint density at radius 3 is 2.83 bits per heavy atom. The van der Waals surface area contributed by atoms with Crippen molar-refractivity contribution < 1.29 is 14.3 Å². The monoisotopic (exact) mass is 407 g/mol. The van der Waals surface area contributed by atoms with Crippen molar-refractivity contribution in [2.45, 2.75) is 19.9 Å². The molecule has 0 aliphatic rings. The summed E-state index contributed by atoms with van der Waals surface area (Å²) in [6.07, 6.45) is 2.96. The quantitative estimate of drug-likeness (QED) is 0.574. The molecule has 1 aromatic heterocycles. The van der Waals surface area contributed by atoms with Gasteiger partial charge in [-0.1, -0.05) is 34.1 Å². The Kier molecular flexibility index (Phi) is 6.75. The van der Waals surface area contributed by atoms with Crippen molar-refractivity contribution in [3.8, 4) is 0 Å². The minimum Gasteiger partial charge on any atom is -0.452 e. The van der Waals surface area contributed by atoms with E-state index >= 15 is 0 Å². The van der Waals surface area contributed by atoms with Crippen molar-refractivity contribution in [1.29, 1.82) is 0 Å². The van der Waals surface area contributed by atoms with Gasteiger partial charge in [-0.3, -0.25) is 4.79 Å². The summed E-state index contributed by atoms with van der Waals surface area (Å²) in [4.78, 5) is 24.6. The maximum atomic E-state index is 11.8. The lowest BCUT2D eigenvalue weighted by molar-refractivity contribution is -0.144. The molecule has 0 saturated carbocycles. The van der Waals surface area contributed by atoms with Gasteiger partial charge >= 0.3 is 5.97 Å². The van der Waals surface area contributed by atoms with Crippen molar-refractivity contribution in [1.82, 2.24) is 5.32 Å². The lowest BCUT2D eigenvalue weighted by Crippen LogP contribution is -2.30. The Bertz CT molecular complexity index is 741. The minimum atomic E-state index is -0.554. The number of halogens is 1. The number of nitrogens with one attached hydrogen (secondary N) is 1. The molecule has 24 heavy (non-hydrogen) atoms. The fraction of sp³-hybridized carbons (Fsp3) is 0.222. The van der Waals surface area contributed by atoms with E-state index in [4.69, 9.17) is 4.74 Å². The van der Waals surface area contributed by atoms with Gasteiger partial charge in [0.2, 0.25) is 0 Å². The van der Waals surface area contributed by atoms with Gasteiger partial charge in [0, 0.05) is 15.4 Å². The molecule has 126 valence electrons. The lowest BCUT2D eigenvalue weighted by Gasteiger charge is -2.11. The number of thiophene rings is 1. The molecule has 6 heteroatoms. The minimum absolute atomic E-state index is 0.102. The molecule has 4 nitrogen and oxygen atoms in total. The van der Waals surface area contributed by atoms with E-state index in [-0.39, 0.29) is 18.6 Å². The Labute approximate surface area is 153 Å². The summed E-state index contributed by atoms with van der Waals surface area (Å²) in [5, 5.41) is 4.74. The van der Waals surface area contributed by atoms with Gasteiger partial charge in [0.25, 0.3) is 5.91 Å². The number of amides is 1. The van der Waals surface area contributed by atoms with Gasteiger partial charge in [-0.25, -0.2) is 4.79 Å². The molecule has 0 spiro atoms. The molecule has 2 rings (SSSR count). The Balaban J connectivity index is 1.80. The number of hydrogen-bond donors (Lipinski definition) is 1. The summed E-state index contributed by atoms with van der Waals surface area (Å²) in [5.74, 6) is -0.879. The number of benzene rings is 1. The van der Waals surface area contributed by atoms with Crippen LogP contribution in [-0.4, -0.2) is 18.5 Å². The third-order valence-corrected chi connectivity index (χ3v) is 4.99. The van der Waals surface area contributed by atoms with Gasteiger partial charge in [-0.15, -0.1) is 11.3 Å². The molecule has 2 aromatic rings. The summed E-state index contributed by atoms with van der Waals surface area (Å²) in [6.45, 7) is 3.58. The largest absolute Gasteiger partial charge is 0.452 e. The zero-order chi connectivity index (χ0) is 17.5. The van der Waals surface area contributed by atoms with Gasteiger partial charge in [0.1, 0.15) is 0 Å². The maximum Gasteiger partial charge on any atom is 0.331 e. The highest BCUT2D eigenvalue weighted by Gasteiger charge is 2.11. The highest BCUT2D eigenvalue weighted by Crippen LogP contribution is 2.20. The van der Waals surface area contributed by atoms with Crippen LogP contribution in [0.25, 0.3) is 6.08 Å². The molecule has 1 atom stereocenters. The van der Waals surface area contributed by atoms with Crippen molar-refractivity contribution in [2.24, 2.45) is 0 Å². The Morgan fingerprint density at radius 2 is 2.17 bits per heavy atom. The second kappa shape index (κ2) is 8.80. The van der Waals surface area contributed by atoms with Gasteiger partial charge in [-0.2, -0.15) is 0 Å². The third kappa shape index (κ3) is 5.62. The van der Waals surface area contributed by atoms with Crippen molar-refractivity contribution in [3.63, 3.8) is 0 Å². The average molecular weight is 408 g/mol. The van der Waals surface area contributed by atoms with Crippen LogP contribution in [0.3, 0.4) is 0 Å². The van der Waals surface area contributed by atoms with Crippen LogP contribution in [0.4, 0.5) is 0 Å². The fourth-order valence-electron chi connectivity index (χ4n) is 2.00.